The van der Waals surface area contributed by atoms with Crippen LogP contribution in [0.2, 0.25) is 0 Å². The molecule has 2 N–H and O–H groups in total. The summed E-state index contributed by atoms with van der Waals surface area (Å²) in [5, 5.41) is 6.80. The summed E-state index contributed by atoms with van der Waals surface area (Å²) in [5.41, 5.74) is 2.59. The molecule has 142 valence electrons. The van der Waals surface area contributed by atoms with Gasteiger partial charge in [-0.25, -0.2) is 4.99 Å². The number of anilines is 1. The molecule has 3 rings (SSSR count). The van der Waals surface area contributed by atoms with E-state index in [0.29, 0.717) is 6.54 Å². The molecule has 0 radical (unpaired) electrons. The highest BCUT2D eigenvalue weighted by atomic mass is 127. The van der Waals surface area contributed by atoms with Gasteiger partial charge in [-0.05, 0) is 56.5 Å². The van der Waals surface area contributed by atoms with Crippen molar-refractivity contribution >= 4 is 35.6 Å². The van der Waals surface area contributed by atoms with Crippen molar-refractivity contribution in [1.29, 1.82) is 0 Å². The molecule has 1 aromatic carbocycles. The minimum atomic E-state index is 0. The molecule has 2 aromatic rings. The summed E-state index contributed by atoms with van der Waals surface area (Å²) in [4.78, 5) is 7.08. The zero-order valence-corrected chi connectivity index (χ0v) is 17.9. The fourth-order valence-corrected chi connectivity index (χ4v) is 3.13. The molecule has 0 aliphatic carbocycles. The van der Waals surface area contributed by atoms with E-state index in [1.807, 2.05) is 12.1 Å². The highest BCUT2D eigenvalue weighted by molar-refractivity contribution is 14.0. The summed E-state index contributed by atoms with van der Waals surface area (Å²) in [5.74, 6) is 1.67. The smallest absolute Gasteiger partial charge is 0.192 e. The summed E-state index contributed by atoms with van der Waals surface area (Å²) >= 11 is 0. The number of aliphatic imine (C=N–C) groups is 1. The summed E-state index contributed by atoms with van der Waals surface area (Å²) in [6.45, 7) is 7.93. The van der Waals surface area contributed by atoms with Crippen LogP contribution >= 0.6 is 24.0 Å². The van der Waals surface area contributed by atoms with Crippen LogP contribution in [0.25, 0.3) is 0 Å². The first-order chi connectivity index (χ1) is 12.3. The molecule has 1 unspecified atom stereocenters. The molecule has 0 bridgehead atoms. The van der Waals surface area contributed by atoms with Crippen LogP contribution in [0.1, 0.15) is 44.1 Å². The third-order valence-electron chi connectivity index (χ3n) is 4.51. The number of halogens is 1. The summed E-state index contributed by atoms with van der Waals surface area (Å²) in [6, 6.07) is 12.8. The first kappa shape index (κ1) is 20.6. The summed E-state index contributed by atoms with van der Waals surface area (Å²) < 4.78 is 5.36. The molecule has 1 saturated heterocycles. The van der Waals surface area contributed by atoms with E-state index < -0.39 is 0 Å². The minimum Gasteiger partial charge on any atom is -0.467 e. The second kappa shape index (κ2) is 10.4. The van der Waals surface area contributed by atoms with E-state index >= 15 is 0 Å². The van der Waals surface area contributed by atoms with Crippen molar-refractivity contribution in [3.63, 3.8) is 0 Å². The van der Waals surface area contributed by atoms with Crippen molar-refractivity contribution in [3.8, 4) is 0 Å². The van der Waals surface area contributed by atoms with Crippen molar-refractivity contribution in [1.82, 2.24) is 10.6 Å². The van der Waals surface area contributed by atoms with Gasteiger partial charge in [0.1, 0.15) is 12.3 Å². The summed E-state index contributed by atoms with van der Waals surface area (Å²) in [6.07, 6.45) is 4.27. The largest absolute Gasteiger partial charge is 0.467 e. The van der Waals surface area contributed by atoms with Crippen LogP contribution in [0.5, 0.6) is 0 Å². The predicted octanol–water partition coefficient (Wildman–Crippen LogP) is 4.31. The molecule has 1 fully saturated rings. The van der Waals surface area contributed by atoms with Crippen LogP contribution in [0, 0.1) is 0 Å². The maximum atomic E-state index is 5.36. The fraction of sp³-hybridized carbons (Fsp3) is 0.450. The Hall–Kier alpha value is -1.70. The number of nitrogens with one attached hydrogen (secondary N) is 2. The van der Waals surface area contributed by atoms with Gasteiger partial charge in [0.25, 0.3) is 0 Å². The first-order valence-electron chi connectivity index (χ1n) is 9.18. The zero-order valence-electron chi connectivity index (χ0n) is 15.6. The van der Waals surface area contributed by atoms with E-state index in [9.17, 15) is 0 Å². The number of furan rings is 1. The molecular formula is C20H29IN4O. The normalized spacial score (nSPS) is 15.5. The second-order valence-electron chi connectivity index (χ2n) is 6.43. The molecule has 0 spiro atoms. The number of benzene rings is 1. The molecule has 1 aromatic heterocycles. The Morgan fingerprint density at radius 1 is 1.23 bits per heavy atom. The number of guanidine groups is 1. The van der Waals surface area contributed by atoms with Gasteiger partial charge in [0.05, 0.1) is 12.3 Å². The SMILES string of the molecule is CCNC(=NCc1ccco1)NC(C)c1cccc(N2CCCC2)c1.I. The van der Waals surface area contributed by atoms with Crippen LogP contribution in [0.3, 0.4) is 0 Å². The van der Waals surface area contributed by atoms with Crippen molar-refractivity contribution in [2.75, 3.05) is 24.5 Å². The lowest BCUT2D eigenvalue weighted by Gasteiger charge is -2.22. The molecule has 0 saturated carbocycles. The highest BCUT2D eigenvalue weighted by Crippen LogP contribution is 2.23. The van der Waals surface area contributed by atoms with E-state index in [4.69, 9.17) is 4.42 Å². The van der Waals surface area contributed by atoms with Gasteiger partial charge in [0, 0.05) is 25.3 Å². The topological polar surface area (TPSA) is 52.8 Å². The number of rotatable bonds is 6. The van der Waals surface area contributed by atoms with Gasteiger partial charge in [-0.2, -0.15) is 0 Å². The van der Waals surface area contributed by atoms with Crippen LogP contribution in [0.4, 0.5) is 5.69 Å². The molecule has 5 nitrogen and oxygen atoms in total. The average molecular weight is 468 g/mol. The van der Waals surface area contributed by atoms with Gasteiger partial charge in [-0.3, -0.25) is 0 Å². The Morgan fingerprint density at radius 3 is 2.73 bits per heavy atom. The van der Waals surface area contributed by atoms with Gasteiger partial charge >= 0.3 is 0 Å². The lowest BCUT2D eigenvalue weighted by molar-refractivity contribution is 0.511. The van der Waals surface area contributed by atoms with Gasteiger partial charge in [0.15, 0.2) is 5.96 Å². The Labute approximate surface area is 173 Å². The van der Waals surface area contributed by atoms with Crippen molar-refractivity contribution in [3.05, 3.63) is 54.0 Å². The van der Waals surface area contributed by atoms with Crippen LogP contribution in [-0.4, -0.2) is 25.6 Å². The van der Waals surface area contributed by atoms with Crippen molar-refractivity contribution in [2.45, 2.75) is 39.3 Å². The molecule has 6 heteroatoms. The van der Waals surface area contributed by atoms with Crippen LogP contribution < -0.4 is 15.5 Å². The Kier molecular flexibility index (Phi) is 8.28. The Balaban J connectivity index is 0.00000243. The maximum absolute atomic E-state index is 5.36. The highest BCUT2D eigenvalue weighted by Gasteiger charge is 2.14. The maximum Gasteiger partial charge on any atom is 0.192 e. The quantitative estimate of drug-likeness (QED) is 0.377. The lowest BCUT2D eigenvalue weighted by Crippen LogP contribution is -2.38. The second-order valence-corrected chi connectivity index (χ2v) is 6.43. The average Bonchev–Trinajstić information content (AvgIpc) is 3.33. The molecule has 1 aliphatic heterocycles. The molecule has 0 amide bonds. The Morgan fingerprint density at radius 2 is 2.04 bits per heavy atom. The summed E-state index contributed by atoms with van der Waals surface area (Å²) in [7, 11) is 0. The standard InChI is InChI=1S/C20H28N4O.HI/c1-3-21-20(22-15-19-10-7-13-25-19)23-16(2)17-8-6-9-18(14-17)24-11-4-5-12-24;/h6-10,13-14,16H,3-5,11-12,15H2,1-2H3,(H2,21,22,23);1H. The van der Waals surface area contributed by atoms with Crippen molar-refractivity contribution < 1.29 is 4.42 Å². The monoisotopic (exact) mass is 468 g/mol. The van der Waals surface area contributed by atoms with Crippen molar-refractivity contribution in [2.24, 2.45) is 4.99 Å². The van der Waals surface area contributed by atoms with Gasteiger partial charge < -0.3 is 20.0 Å². The van der Waals surface area contributed by atoms with Crippen LogP contribution in [0.15, 0.2) is 52.1 Å². The van der Waals surface area contributed by atoms with E-state index in [0.717, 1.165) is 18.3 Å². The Bertz CT molecular complexity index is 681. The third kappa shape index (κ3) is 5.65. The van der Waals surface area contributed by atoms with Crippen LogP contribution in [-0.2, 0) is 6.54 Å². The molecular weight excluding hydrogens is 439 g/mol. The fourth-order valence-electron chi connectivity index (χ4n) is 3.13. The number of nitrogens with zero attached hydrogens (tertiary/aromatic N) is 2. The predicted molar refractivity (Wildman–Crippen MR) is 118 cm³/mol. The van der Waals surface area contributed by atoms with Gasteiger partial charge in [-0.15, -0.1) is 24.0 Å². The van der Waals surface area contributed by atoms with Gasteiger partial charge in [-0.1, -0.05) is 12.1 Å². The zero-order chi connectivity index (χ0) is 17.5. The van der Waals surface area contributed by atoms with E-state index in [1.165, 1.54) is 37.2 Å². The molecule has 26 heavy (non-hydrogen) atoms. The number of hydrogen-bond acceptors (Lipinski definition) is 3. The van der Waals surface area contributed by atoms with Gasteiger partial charge in [0.2, 0.25) is 0 Å². The molecule has 2 heterocycles. The minimum absolute atomic E-state index is 0. The first-order valence-corrected chi connectivity index (χ1v) is 9.18. The molecule has 1 atom stereocenters. The van der Waals surface area contributed by atoms with E-state index in [-0.39, 0.29) is 30.0 Å². The number of hydrogen-bond donors (Lipinski definition) is 2. The lowest BCUT2D eigenvalue weighted by atomic mass is 10.1. The molecule has 1 aliphatic rings. The van der Waals surface area contributed by atoms with E-state index in [2.05, 4.69) is 58.6 Å². The third-order valence-corrected chi connectivity index (χ3v) is 4.51. The van der Waals surface area contributed by atoms with E-state index in [1.54, 1.807) is 6.26 Å².